The predicted octanol–water partition coefficient (Wildman–Crippen LogP) is 1.70. The van der Waals surface area contributed by atoms with Gasteiger partial charge in [0.2, 0.25) is 10.0 Å². The summed E-state index contributed by atoms with van der Waals surface area (Å²) in [7, 11) is -1.45. The molecule has 80 valence electrons. The van der Waals surface area contributed by atoms with Gasteiger partial charge in [0.15, 0.2) is 0 Å². The van der Waals surface area contributed by atoms with Gasteiger partial charge in [0.25, 0.3) is 0 Å². The van der Waals surface area contributed by atoms with E-state index in [0.29, 0.717) is 0 Å². The monoisotopic (exact) mass is 207 g/mol. The maximum absolute atomic E-state index is 11.7. The van der Waals surface area contributed by atoms with Crippen LogP contribution in [-0.4, -0.2) is 31.1 Å². The molecule has 0 radical (unpaired) electrons. The van der Waals surface area contributed by atoms with E-state index in [1.807, 2.05) is 34.6 Å². The van der Waals surface area contributed by atoms with Crippen LogP contribution < -0.4 is 0 Å². The van der Waals surface area contributed by atoms with Crippen LogP contribution in [0.25, 0.3) is 0 Å². The summed E-state index contributed by atoms with van der Waals surface area (Å²) in [5.74, 6) is 0.399. The van der Waals surface area contributed by atoms with Gasteiger partial charge in [-0.25, -0.2) is 8.42 Å². The average molecular weight is 207 g/mol. The van der Waals surface area contributed by atoms with Crippen molar-refractivity contribution in [1.82, 2.24) is 4.31 Å². The first-order chi connectivity index (χ1) is 5.57. The molecule has 0 bridgehead atoms. The van der Waals surface area contributed by atoms with Gasteiger partial charge in [-0.3, -0.25) is 0 Å². The Hall–Kier alpha value is -0.0900. The second-order valence-corrected chi connectivity index (χ2v) is 6.86. The van der Waals surface area contributed by atoms with E-state index in [0.717, 1.165) is 0 Å². The first kappa shape index (κ1) is 12.9. The van der Waals surface area contributed by atoms with Gasteiger partial charge in [0.1, 0.15) is 0 Å². The maximum atomic E-state index is 11.7. The van der Waals surface area contributed by atoms with E-state index in [1.165, 1.54) is 4.31 Å². The molecule has 0 aliphatic heterocycles. The van der Waals surface area contributed by atoms with Gasteiger partial charge >= 0.3 is 0 Å². The molecular weight excluding hydrogens is 186 g/mol. The minimum absolute atomic E-state index is 0.176. The third kappa shape index (κ3) is 4.09. The minimum atomic E-state index is -3.08. The molecule has 4 heteroatoms. The van der Waals surface area contributed by atoms with Crippen LogP contribution in [0.3, 0.4) is 0 Å². The van der Waals surface area contributed by atoms with Gasteiger partial charge in [0, 0.05) is 12.6 Å². The molecule has 3 nitrogen and oxygen atoms in total. The second-order valence-electron chi connectivity index (χ2n) is 4.81. The Bertz CT molecular complexity index is 249. The first-order valence-electron chi connectivity index (χ1n) is 4.54. The number of nitrogens with zero attached hydrogens (tertiary/aromatic N) is 1. The molecule has 0 atom stereocenters. The molecule has 0 aromatic rings. The zero-order valence-corrected chi connectivity index (χ0v) is 10.3. The molecule has 0 spiro atoms. The van der Waals surface area contributed by atoms with Crippen molar-refractivity contribution in [2.24, 2.45) is 5.92 Å². The van der Waals surface area contributed by atoms with Crippen molar-refractivity contribution in [3.05, 3.63) is 0 Å². The summed E-state index contributed by atoms with van der Waals surface area (Å²) in [4.78, 5) is 0. The number of sulfonamides is 1. The molecule has 0 rings (SSSR count). The summed E-state index contributed by atoms with van der Waals surface area (Å²) in [6, 6.07) is 0. The number of rotatable bonds is 3. The van der Waals surface area contributed by atoms with Gasteiger partial charge in [0.05, 0.1) is 5.75 Å². The Kier molecular flexibility index (Phi) is 3.94. The standard InChI is InChI=1S/C9H21NO2S/c1-8(2)7-13(11,12)10(6)9(3,4)5/h8H,7H2,1-6H3. The zero-order chi connectivity index (χ0) is 10.9. The summed E-state index contributed by atoms with van der Waals surface area (Å²) >= 11 is 0. The van der Waals surface area contributed by atoms with Crippen molar-refractivity contribution < 1.29 is 8.42 Å². The summed E-state index contributed by atoms with van der Waals surface area (Å²) < 4.78 is 24.9. The van der Waals surface area contributed by atoms with Crippen LogP contribution in [0, 0.1) is 5.92 Å². The molecule has 0 N–H and O–H groups in total. The highest BCUT2D eigenvalue weighted by atomic mass is 32.2. The van der Waals surface area contributed by atoms with E-state index in [-0.39, 0.29) is 17.2 Å². The summed E-state index contributed by atoms with van der Waals surface area (Å²) in [6.07, 6.45) is 0. The topological polar surface area (TPSA) is 37.4 Å². The fourth-order valence-electron chi connectivity index (χ4n) is 0.950. The molecule has 0 saturated carbocycles. The third-order valence-corrected chi connectivity index (χ3v) is 4.38. The van der Waals surface area contributed by atoms with Crippen LogP contribution in [0.2, 0.25) is 0 Å². The Balaban J connectivity index is 4.67. The first-order valence-corrected chi connectivity index (χ1v) is 6.15. The van der Waals surface area contributed by atoms with Gasteiger partial charge in [-0.05, 0) is 26.7 Å². The van der Waals surface area contributed by atoms with Crippen LogP contribution in [0.15, 0.2) is 0 Å². The molecule has 0 aromatic carbocycles. The van der Waals surface area contributed by atoms with Crippen molar-refractivity contribution in [3.8, 4) is 0 Å². The average Bonchev–Trinajstić information content (AvgIpc) is 1.80. The molecule has 0 amide bonds. The Morgan fingerprint density at radius 3 is 1.85 bits per heavy atom. The van der Waals surface area contributed by atoms with Gasteiger partial charge in [-0.15, -0.1) is 0 Å². The lowest BCUT2D eigenvalue weighted by atomic mass is 10.1. The second kappa shape index (κ2) is 3.96. The van der Waals surface area contributed by atoms with Crippen LogP contribution in [0.4, 0.5) is 0 Å². The van der Waals surface area contributed by atoms with Crippen molar-refractivity contribution >= 4 is 10.0 Å². The Morgan fingerprint density at radius 1 is 1.23 bits per heavy atom. The fourth-order valence-corrected chi connectivity index (χ4v) is 2.85. The predicted molar refractivity (Wildman–Crippen MR) is 56.1 cm³/mol. The maximum Gasteiger partial charge on any atom is 0.214 e. The Labute approximate surface area is 82.2 Å². The lowest BCUT2D eigenvalue weighted by molar-refractivity contribution is 0.290. The normalized spacial score (nSPS) is 14.2. The van der Waals surface area contributed by atoms with Crippen LogP contribution >= 0.6 is 0 Å². The molecule has 13 heavy (non-hydrogen) atoms. The lowest BCUT2D eigenvalue weighted by Crippen LogP contribution is -2.44. The summed E-state index contributed by atoms with van der Waals surface area (Å²) in [6.45, 7) is 9.50. The fraction of sp³-hybridized carbons (Fsp3) is 1.00. The van der Waals surface area contributed by atoms with Crippen molar-refractivity contribution in [1.29, 1.82) is 0 Å². The van der Waals surface area contributed by atoms with E-state index in [1.54, 1.807) is 7.05 Å². The SMILES string of the molecule is CC(C)CS(=O)(=O)N(C)C(C)(C)C. The molecule has 0 saturated heterocycles. The largest absolute Gasteiger partial charge is 0.214 e. The van der Waals surface area contributed by atoms with Gasteiger partial charge in [-0.1, -0.05) is 13.8 Å². The molecular formula is C9H21NO2S. The highest BCUT2D eigenvalue weighted by Crippen LogP contribution is 2.17. The Morgan fingerprint density at radius 2 is 1.62 bits per heavy atom. The number of hydrogen-bond acceptors (Lipinski definition) is 2. The quantitative estimate of drug-likeness (QED) is 0.706. The molecule has 0 aliphatic carbocycles. The molecule has 0 fully saturated rings. The molecule has 0 aliphatic rings. The zero-order valence-electron chi connectivity index (χ0n) is 9.46. The van der Waals surface area contributed by atoms with Crippen molar-refractivity contribution in [2.75, 3.05) is 12.8 Å². The smallest absolute Gasteiger partial charge is 0.212 e. The van der Waals surface area contributed by atoms with E-state index < -0.39 is 10.0 Å². The highest BCUT2D eigenvalue weighted by molar-refractivity contribution is 7.89. The molecule has 0 unspecified atom stereocenters. The van der Waals surface area contributed by atoms with Crippen molar-refractivity contribution in [2.45, 2.75) is 40.2 Å². The summed E-state index contributed by atoms with van der Waals surface area (Å²) in [5, 5.41) is 0. The van der Waals surface area contributed by atoms with E-state index >= 15 is 0 Å². The number of hydrogen-bond donors (Lipinski definition) is 0. The van der Waals surface area contributed by atoms with Crippen LogP contribution in [-0.2, 0) is 10.0 Å². The van der Waals surface area contributed by atoms with Gasteiger partial charge in [-0.2, -0.15) is 4.31 Å². The van der Waals surface area contributed by atoms with Crippen LogP contribution in [0.5, 0.6) is 0 Å². The van der Waals surface area contributed by atoms with Crippen molar-refractivity contribution in [3.63, 3.8) is 0 Å². The van der Waals surface area contributed by atoms with E-state index in [2.05, 4.69) is 0 Å². The third-order valence-electron chi connectivity index (χ3n) is 1.91. The van der Waals surface area contributed by atoms with E-state index in [4.69, 9.17) is 0 Å². The van der Waals surface area contributed by atoms with E-state index in [9.17, 15) is 8.42 Å². The van der Waals surface area contributed by atoms with Crippen LogP contribution in [0.1, 0.15) is 34.6 Å². The minimum Gasteiger partial charge on any atom is -0.212 e. The molecule has 0 heterocycles. The van der Waals surface area contributed by atoms with Gasteiger partial charge < -0.3 is 0 Å². The summed E-state index contributed by atoms with van der Waals surface area (Å²) in [5.41, 5.74) is -0.326. The highest BCUT2D eigenvalue weighted by Gasteiger charge is 2.28. The molecule has 0 aromatic heterocycles. The lowest BCUT2D eigenvalue weighted by Gasteiger charge is -2.31.